The van der Waals surface area contributed by atoms with Crippen molar-refractivity contribution < 1.29 is 24.5 Å². The first kappa shape index (κ1) is 28.3. The third-order valence-electron chi connectivity index (χ3n) is 8.32. The standard InChI is InChI=1S/C34H37N3O5/c1-41-22-30-33(25-11-9-24(10-12-25)8-7-23-5-3-2-4-6-23)29-19-36(20-31(38)32(39)21-37(29)30)34(40)35-26-13-15-27(16-14-26)42-28-17-18-28/h2-6,9-16,28-33,38-39H,17-22H2,1H3,(H,35,40)/t29-,30+,31+,32-,33+/m0/s1. The number of benzene rings is 3. The first-order valence-electron chi connectivity index (χ1n) is 14.6. The van der Waals surface area contributed by atoms with Gasteiger partial charge in [0.05, 0.1) is 31.5 Å². The van der Waals surface area contributed by atoms with Crippen molar-refractivity contribution >= 4 is 11.7 Å². The molecular weight excluding hydrogens is 530 g/mol. The van der Waals surface area contributed by atoms with Crippen molar-refractivity contribution in [2.24, 2.45) is 0 Å². The highest BCUT2D eigenvalue weighted by molar-refractivity contribution is 5.89. The number of β-amino-alcohol motifs (C(OH)–C–C–N with tert-alkyl or cyclic N) is 1. The third-order valence-corrected chi connectivity index (χ3v) is 8.32. The number of methoxy groups -OCH3 is 1. The number of amides is 2. The number of anilines is 1. The molecule has 0 aromatic heterocycles. The first-order valence-corrected chi connectivity index (χ1v) is 14.6. The average molecular weight is 568 g/mol. The summed E-state index contributed by atoms with van der Waals surface area (Å²) in [5.41, 5.74) is 3.66. The Balaban J connectivity index is 1.19. The second-order valence-electron chi connectivity index (χ2n) is 11.4. The lowest BCUT2D eigenvalue weighted by molar-refractivity contribution is -0.116. The summed E-state index contributed by atoms with van der Waals surface area (Å²) in [6.45, 7) is 1.23. The SMILES string of the molecule is COC[C@@H]1[C@H](c2ccc(C#Cc3ccccc3)cc2)[C@@H]2CN(C(=O)Nc3ccc(OC4CC4)cc3)C[C@@H](O)[C@@H](O)CN12. The van der Waals surface area contributed by atoms with Crippen LogP contribution in [0.15, 0.2) is 78.9 Å². The van der Waals surface area contributed by atoms with Gasteiger partial charge in [0.25, 0.3) is 0 Å². The zero-order valence-electron chi connectivity index (χ0n) is 23.7. The van der Waals surface area contributed by atoms with Crippen molar-refractivity contribution in [2.75, 3.05) is 38.7 Å². The molecule has 1 aliphatic carbocycles. The molecule has 2 saturated heterocycles. The minimum atomic E-state index is -1.06. The number of nitrogens with zero attached hydrogens (tertiary/aromatic N) is 2. The second-order valence-corrected chi connectivity index (χ2v) is 11.4. The van der Waals surface area contributed by atoms with Crippen LogP contribution in [0.3, 0.4) is 0 Å². The van der Waals surface area contributed by atoms with Crippen molar-refractivity contribution in [1.29, 1.82) is 0 Å². The molecule has 0 spiro atoms. The van der Waals surface area contributed by atoms with Crippen LogP contribution in [0.5, 0.6) is 5.75 Å². The summed E-state index contributed by atoms with van der Waals surface area (Å²) in [5, 5.41) is 24.5. The molecule has 218 valence electrons. The highest BCUT2D eigenvalue weighted by Crippen LogP contribution is 2.42. The molecule has 1 saturated carbocycles. The number of carbonyl (C=O) groups is 1. The molecule has 5 atom stereocenters. The van der Waals surface area contributed by atoms with Gasteiger partial charge in [-0.05, 0) is 66.9 Å². The van der Waals surface area contributed by atoms with Crippen molar-refractivity contribution in [3.05, 3.63) is 95.6 Å². The molecule has 2 amide bonds. The normalized spacial score (nSPS) is 25.6. The van der Waals surface area contributed by atoms with Gasteiger partial charge in [-0.1, -0.05) is 42.2 Å². The zero-order valence-corrected chi connectivity index (χ0v) is 23.7. The Morgan fingerprint density at radius 1 is 0.881 bits per heavy atom. The lowest BCUT2D eigenvalue weighted by Crippen LogP contribution is -2.71. The fourth-order valence-electron chi connectivity index (χ4n) is 5.92. The Morgan fingerprint density at radius 2 is 1.55 bits per heavy atom. The largest absolute Gasteiger partial charge is 0.490 e. The second kappa shape index (κ2) is 12.6. The van der Waals surface area contributed by atoms with E-state index in [9.17, 15) is 15.0 Å². The van der Waals surface area contributed by atoms with Gasteiger partial charge in [0.15, 0.2) is 0 Å². The highest BCUT2D eigenvalue weighted by atomic mass is 16.5. The van der Waals surface area contributed by atoms with Crippen molar-refractivity contribution in [3.63, 3.8) is 0 Å². The molecule has 0 bridgehead atoms. The Bertz CT molecular complexity index is 1420. The van der Waals surface area contributed by atoms with E-state index in [0.717, 1.165) is 35.3 Å². The molecule has 0 unspecified atom stereocenters. The summed E-state index contributed by atoms with van der Waals surface area (Å²) in [4.78, 5) is 17.2. The van der Waals surface area contributed by atoms with E-state index in [1.807, 2.05) is 66.7 Å². The Kier molecular flexibility index (Phi) is 8.45. The van der Waals surface area contributed by atoms with Gasteiger partial charge in [-0.25, -0.2) is 4.79 Å². The molecule has 3 N–H and O–H groups in total. The van der Waals surface area contributed by atoms with Crippen LogP contribution < -0.4 is 10.1 Å². The van der Waals surface area contributed by atoms with Crippen LogP contribution in [0, 0.1) is 11.8 Å². The number of aliphatic hydroxyl groups excluding tert-OH is 2. The minimum Gasteiger partial charge on any atom is -0.490 e. The number of ether oxygens (including phenoxy) is 2. The van der Waals surface area contributed by atoms with Crippen LogP contribution in [0.2, 0.25) is 0 Å². The maximum absolute atomic E-state index is 13.5. The quantitative estimate of drug-likeness (QED) is 0.394. The maximum atomic E-state index is 13.5. The van der Waals surface area contributed by atoms with Gasteiger partial charge in [-0.2, -0.15) is 0 Å². The molecule has 2 heterocycles. The van der Waals surface area contributed by atoms with E-state index in [2.05, 4.69) is 34.2 Å². The summed E-state index contributed by atoms with van der Waals surface area (Å²) in [6, 6.07) is 25.1. The molecule has 3 aromatic carbocycles. The summed E-state index contributed by atoms with van der Waals surface area (Å²) < 4.78 is 11.4. The smallest absolute Gasteiger partial charge is 0.321 e. The first-order chi connectivity index (χ1) is 20.5. The molecule has 0 radical (unpaired) electrons. The van der Waals surface area contributed by atoms with Crippen molar-refractivity contribution in [2.45, 2.75) is 49.2 Å². The van der Waals surface area contributed by atoms with Gasteiger partial charge in [0.2, 0.25) is 0 Å². The molecule has 8 heteroatoms. The van der Waals surface area contributed by atoms with Gasteiger partial charge in [0.1, 0.15) is 5.75 Å². The van der Waals surface area contributed by atoms with Crippen molar-refractivity contribution in [1.82, 2.24) is 9.80 Å². The van der Waals surface area contributed by atoms with Crippen LogP contribution in [-0.4, -0.2) is 89.8 Å². The Hall–Kier alpha value is -3.87. The predicted molar refractivity (Wildman–Crippen MR) is 160 cm³/mol. The van der Waals surface area contributed by atoms with Crippen LogP contribution in [-0.2, 0) is 4.74 Å². The lowest BCUT2D eigenvalue weighted by Gasteiger charge is -2.58. The van der Waals surface area contributed by atoms with Crippen LogP contribution >= 0.6 is 0 Å². The number of nitrogens with one attached hydrogen (secondary N) is 1. The van der Waals surface area contributed by atoms with E-state index >= 15 is 0 Å². The van der Waals surface area contributed by atoms with E-state index in [-0.39, 0.29) is 30.6 Å². The summed E-state index contributed by atoms with van der Waals surface area (Å²) in [6.07, 6.45) is 0.420. The van der Waals surface area contributed by atoms with Gasteiger partial charge in [-0.3, -0.25) is 4.90 Å². The molecule has 6 rings (SSSR count). The molecule has 42 heavy (non-hydrogen) atoms. The molecule has 3 aromatic rings. The molecular formula is C34H37N3O5. The number of hydrogen-bond donors (Lipinski definition) is 3. The fourth-order valence-corrected chi connectivity index (χ4v) is 5.92. The summed E-state index contributed by atoms with van der Waals surface area (Å²) >= 11 is 0. The fraction of sp³-hybridized carbons (Fsp3) is 0.382. The number of urea groups is 1. The third kappa shape index (κ3) is 6.45. The molecule has 8 nitrogen and oxygen atoms in total. The lowest BCUT2D eigenvalue weighted by atomic mass is 9.74. The highest BCUT2D eigenvalue weighted by Gasteiger charge is 2.51. The monoisotopic (exact) mass is 567 g/mol. The molecule has 3 fully saturated rings. The molecule has 2 aliphatic heterocycles. The van der Waals surface area contributed by atoms with E-state index in [4.69, 9.17) is 9.47 Å². The topological polar surface area (TPSA) is 94.5 Å². The van der Waals surface area contributed by atoms with Crippen LogP contribution in [0.25, 0.3) is 0 Å². The Labute approximate surface area is 246 Å². The predicted octanol–water partition coefficient (Wildman–Crippen LogP) is 3.68. The zero-order chi connectivity index (χ0) is 29.1. The summed E-state index contributed by atoms with van der Waals surface area (Å²) in [5.74, 6) is 7.30. The van der Waals surface area contributed by atoms with E-state index < -0.39 is 12.2 Å². The van der Waals surface area contributed by atoms with E-state index in [0.29, 0.717) is 31.5 Å². The number of hydrogen-bond acceptors (Lipinski definition) is 6. The molecule has 3 aliphatic rings. The van der Waals surface area contributed by atoms with Gasteiger partial charge in [-0.15, -0.1) is 0 Å². The van der Waals surface area contributed by atoms with Crippen molar-refractivity contribution in [3.8, 4) is 17.6 Å². The van der Waals surface area contributed by atoms with Crippen LogP contribution in [0.1, 0.15) is 35.4 Å². The average Bonchev–Trinajstić information content (AvgIpc) is 3.83. The van der Waals surface area contributed by atoms with E-state index in [1.165, 1.54) is 0 Å². The van der Waals surface area contributed by atoms with Gasteiger partial charge < -0.3 is 29.9 Å². The maximum Gasteiger partial charge on any atom is 0.321 e. The van der Waals surface area contributed by atoms with Gasteiger partial charge in [0, 0.05) is 55.0 Å². The number of carbonyl (C=O) groups excluding carboxylic acids is 1. The van der Waals surface area contributed by atoms with Gasteiger partial charge >= 0.3 is 6.03 Å². The minimum absolute atomic E-state index is 0.00475. The summed E-state index contributed by atoms with van der Waals surface area (Å²) in [7, 11) is 1.67. The number of aliphatic hydroxyl groups is 2. The number of fused-ring (bicyclic) bond motifs is 1. The van der Waals surface area contributed by atoms with Crippen LogP contribution in [0.4, 0.5) is 10.5 Å². The van der Waals surface area contributed by atoms with E-state index in [1.54, 1.807) is 12.0 Å². The Morgan fingerprint density at radius 3 is 2.21 bits per heavy atom. The number of rotatable bonds is 6.